The van der Waals surface area contributed by atoms with E-state index in [4.69, 9.17) is 9.16 Å². The Balaban J connectivity index is 3.23. The van der Waals surface area contributed by atoms with Crippen LogP contribution < -0.4 is 4.74 Å². The molecule has 0 aliphatic carbocycles. The summed E-state index contributed by atoms with van der Waals surface area (Å²) >= 11 is -1.46. The second-order valence-electron chi connectivity index (χ2n) is 8.80. The molecule has 1 aromatic carbocycles. The van der Waals surface area contributed by atoms with Crippen molar-refractivity contribution < 1.29 is 18.1 Å². The van der Waals surface area contributed by atoms with E-state index in [-0.39, 0.29) is 17.4 Å². The Kier molecular flexibility index (Phi) is 7.49. The monoisotopic (exact) mass is 401 g/mol. The van der Waals surface area contributed by atoms with Gasteiger partial charge in [-0.1, -0.05) is 25.2 Å². The Morgan fingerprint density at radius 3 is 2.19 bits per heavy atom. The van der Waals surface area contributed by atoms with Crippen molar-refractivity contribution in [3.8, 4) is 5.75 Å². The highest BCUT2D eigenvalue weighted by molar-refractivity contribution is 7.91. The van der Waals surface area contributed by atoms with E-state index >= 15 is 0 Å². The molecule has 0 saturated heterocycles. The number of halogens is 1. The molecule has 0 aliphatic rings. The van der Waals surface area contributed by atoms with E-state index < -0.39 is 30.2 Å². The molecule has 0 spiro atoms. The van der Waals surface area contributed by atoms with Gasteiger partial charge in [0.05, 0.1) is 13.7 Å². The summed E-state index contributed by atoms with van der Waals surface area (Å²) in [5, 5.41) is 0.0342. The molecule has 0 bridgehead atoms. The van der Waals surface area contributed by atoms with Crippen molar-refractivity contribution in [2.24, 2.45) is 4.40 Å². The van der Waals surface area contributed by atoms with Crippen LogP contribution in [-0.4, -0.2) is 37.0 Å². The zero-order valence-electron chi connectivity index (χ0n) is 17.4. The maximum absolute atomic E-state index is 14.2. The highest BCUT2D eigenvalue weighted by Gasteiger charge is 2.38. The molecule has 0 aliphatic heterocycles. The van der Waals surface area contributed by atoms with Gasteiger partial charge in [0, 0.05) is 5.56 Å². The molecular formula is C19H32FNO3SSi. The van der Waals surface area contributed by atoms with Gasteiger partial charge in [-0.15, -0.1) is 0 Å². The van der Waals surface area contributed by atoms with Crippen LogP contribution in [0.1, 0.15) is 47.1 Å². The van der Waals surface area contributed by atoms with Crippen LogP contribution >= 0.6 is 0 Å². The number of ether oxygens (including phenoxy) is 1. The lowest BCUT2D eigenvalue weighted by molar-refractivity contribution is 0.340. The van der Waals surface area contributed by atoms with Crippen molar-refractivity contribution in [3.05, 3.63) is 29.6 Å². The van der Waals surface area contributed by atoms with E-state index in [0.29, 0.717) is 11.3 Å². The van der Waals surface area contributed by atoms with Crippen LogP contribution in [0, 0.1) is 5.82 Å². The van der Waals surface area contributed by atoms with Gasteiger partial charge in [0.1, 0.15) is 21.8 Å². The number of hydrogen-bond donors (Lipinski definition) is 0. The number of rotatable bonds is 6. The summed E-state index contributed by atoms with van der Waals surface area (Å²) in [7, 11) is -0.608. The Hall–Kier alpha value is -0.893. The summed E-state index contributed by atoms with van der Waals surface area (Å²) in [6, 6.07) is 4.62. The summed E-state index contributed by atoms with van der Waals surface area (Å²) in [4.78, 5) is 0. The lowest BCUT2D eigenvalue weighted by atomic mass is 10.1. The lowest BCUT2D eigenvalue weighted by Crippen LogP contribution is -2.42. The van der Waals surface area contributed by atoms with Crippen LogP contribution in [-0.2, 0) is 15.8 Å². The molecule has 0 fully saturated rings. The molecule has 148 valence electrons. The van der Waals surface area contributed by atoms with E-state index in [1.807, 2.05) is 20.8 Å². The second kappa shape index (κ2) is 8.42. The van der Waals surface area contributed by atoms with E-state index in [2.05, 4.69) is 38.3 Å². The van der Waals surface area contributed by atoms with E-state index in [1.165, 1.54) is 13.2 Å². The van der Waals surface area contributed by atoms with E-state index in [0.717, 1.165) is 0 Å². The van der Waals surface area contributed by atoms with Crippen LogP contribution in [0.3, 0.4) is 0 Å². The quantitative estimate of drug-likeness (QED) is 0.378. The van der Waals surface area contributed by atoms with Gasteiger partial charge in [0.15, 0.2) is 19.9 Å². The van der Waals surface area contributed by atoms with Gasteiger partial charge in [-0.25, -0.2) is 4.39 Å². The number of hydrogen-bond acceptors (Lipinski definition) is 4. The largest absolute Gasteiger partial charge is 0.591 e. The molecule has 0 radical (unpaired) electrons. The van der Waals surface area contributed by atoms with Crippen LogP contribution in [0.15, 0.2) is 22.6 Å². The van der Waals surface area contributed by atoms with Crippen LogP contribution in [0.5, 0.6) is 5.75 Å². The van der Waals surface area contributed by atoms with E-state index in [1.54, 1.807) is 12.1 Å². The summed E-state index contributed by atoms with van der Waals surface area (Å²) in [6.07, 6.45) is 0. The van der Waals surface area contributed by atoms with Crippen molar-refractivity contribution in [3.63, 3.8) is 0 Å². The maximum Gasteiger partial charge on any atom is 0.192 e. The average molecular weight is 402 g/mol. The summed E-state index contributed by atoms with van der Waals surface area (Å²) in [5.41, 5.74) is 1.05. The zero-order chi connectivity index (χ0) is 20.3. The molecule has 1 aromatic rings. The van der Waals surface area contributed by atoms with Gasteiger partial charge in [0.25, 0.3) is 0 Å². The van der Waals surface area contributed by atoms with Crippen LogP contribution in [0.25, 0.3) is 0 Å². The molecule has 1 rings (SSSR count). The Morgan fingerprint density at radius 1 is 1.19 bits per heavy atom. The predicted octanol–water partition coefficient (Wildman–Crippen LogP) is 5.11. The number of benzene rings is 1. The third-order valence-electron chi connectivity index (χ3n) is 4.58. The minimum Gasteiger partial charge on any atom is -0.591 e. The first-order chi connectivity index (χ1) is 11.7. The standard InChI is InChI=1S/C19H32FNO3SSi/c1-18(2,3)25(22)21-16(13-24-26(8,9)19(4,5)6)14-10-11-17(23-7)15(20)12-14/h10-12H,13H2,1-9H3/b21-16-/t25-/m1/s1. The summed E-state index contributed by atoms with van der Waals surface area (Å²) in [5.74, 6) is -0.318. The van der Waals surface area contributed by atoms with Gasteiger partial charge in [-0.3, -0.25) is 0 Å². The Morgan fingerprint density at radius 2 is 1.77 bits per heavy atom. The number of methoxy groups -OCH3 is 1. The predicted molar refractivity (Wildman–Crippen MR) is 111 cm³/mol. The molecule has 7 heteroatoms. The first-order valence-corrected chi connectivity index (χ1v) is 12.7. The molecule has 0 aromatic heterocycles. The molecule has 0 unspecified atom stereocenters. The van der Waals surface area contributed by atoms with Crippen LogP contribution in [0.4, 0.5) is 4.39 Å². The van der Waals surface area contributed by atoms with Crippen molar-refractivity contribution >= 4 is 25.4 Å². The smallest absolute Gasteiger partial charge is 0.192 e. The Labute approximate surface area is 161 Å². The highest BCUT2D eigenvalue weighted by atomic mass is 32.2. The minimum absolute atomic E-state index is 0.0342. The second-order valence-corrected chi connectivity index (χ2v) is 15.5. The lowest BCUT2D eigenvalue weighted by Gasteiger charge is -2.36. The minimum atomic E-state index is -2.03. The van der Waals surface area contributed by atoms with E-state index in [9.17, 15) is 8.94 Å². The molecular weight excluding hydrogens is 369 g/mol. The number of nitrogens with zero attached hydrogens (tertiary/aromatic N) is 1. The van der Waals surface area contributed by atoms with Crippen molar-refractivity contribution in [1.29, 1.82) is 0 Å². The molecule has 0 heterocycles. The molecule has 0 amide bonds. The fourth-order valence-electron chi connectivity index (χ4n) is 1.71. The van der Waals surface area contributed by atoms with Gasteiger partial charge in [0.2, 0.25) is 0 Å². The molecule has 0 N–H and O–H groups in total. The highest BCUT2D eigenvalue weighted by Crippen LogP contribution is 2.36. The third-order valence-corrected chi connectivity index (χ3v) is 10.5. The summed E-state index contributed by atoms with van der Waals surface area (Å²) < 4.78 is 41.8. The fourth-order valence-corrected chi connectivity index (χ4v) is 3.27. The molecule has 1 atom stereocenters. The fraction of sp³-hybridized carbons (Fsp3) is 0.632. The third kappa shape index (κ3) is 6.08. The first-order valence-electron chi connectivity index (χ1n) is 8.66. The topological polar surface area (TPSA) is 53.9 Å². The molecule has 4 nitrogen and oxygen atoms in total. The SMILES string of the molecule is COc1ccc(/C(CO[Si](C)(C)C(C)(C)C)=N\[S@+]([O-])C(C)(C)C)cc1F. The molecule has 26 heavy (non-hydrogen) atoms. The summed E-state index contributed by atoms with van der Waals surface area (Å²) in [6.45, 7) is 16.5. The van der Waals surface area contributed by atoms with Crippen molar-refractivity contribution in [2.75, 3.05) is 13.7 Å². The first kappa shape index (κ1) is 23.1. The molecule has 0 saturated carbocycles. The van der Waals surface area contributed by atoms with Crippen molar-refractivity contribution in [2.45, 2.75) is 64.4 Å². The maximum atomic E-state index is 14.2. The van der Waals surface area contributed by atoms with Gasteiger partial charge < -0.3 is 13.7 Å². The Bertz CT molecular complexity index is 651. The normalized spacial score (nSPS) is 15.1. The van der Waals surface area contributed by atoms with Crippen LogP contribution in [0.2, 0.25) is 18.1 Å². The van der Waals surface area contributed by atoms with Gasteiger partial charge >= 0.3 is 0 Å². The zero-order valence-corrected chi connectivity index (χ0v) is 19.2. The van der Waals surface area contributed by atoms with Gasteiger partial charge in [-0.2, -0.15) is 0 Å². The average Bonchev–Trinajstić information content (AvgIpc) is 2.48. The van der Waals surface area contributed by atoms with Crippen molar-refractivity contribution in [1.82, 2.24) is 0 Å². The van der Waals surface area contributed by atoms with Gasteiger partial charge in [-0.05, 0) is 57.1 Å².